The highest BCUT2D eigenvalue weighted by Crippen LogP contribution is 2.43. The number of aryl methyl sites for hydroxylation is 1. The number of nitrogens with zero attached hydrogens (tertiary/aromatic N) is 1. The molecule has 1 saturated heterocycles. The SMILES string of the molecule is COC(=O)N1CC2C=CC1C([C@H](OC(=O)c1ccc(C)cc1)c1ccccc1)C2. The van der Waals surface area contributed by atoms with Crippen molar-refractivity contribution in [3.63, 3.8) is 0 Å². The van der Waals surface area contributed by atoms with Gasteiger partial charge in [0.05, 0.1) is 18.7 Å². The zero-order chi connectivity index (χ0) is 20.4. The van der Waals surface area contributed by atoms with Crippen LogP contribution in [0.3, 0.4) is 0 Å². The van der Waals surface area contributed by atoms with Crippen molar-refractivity contribution in [1.82, 2.24) is 4.90 Å². The van der Waals surface area contributed by atoms with Gasteiger partial charge in [0, 0.05) is 12.5 Å². The summed E-state index contributed by atoms with van der Waals surface area (Å²) in [4.78, 5) is 27.0. The van der Waals surface area contributed by atoms with Crippen molar-refractivity contribution >= 4 is 12.1 Å². The second-order valence-corrected chi connectivity index (χ2v) is 7.76. The van der Waals surface area contributed by atoms with Crippen LogP contribution in [0, 0.1) is 18.8 Å². The first-order valence-electron chi connectivity index (χ1n) is 9.92. The number of rotatable bonds is 4. The van der Waals surface area contributed by atoms with Gasteiger partial charge in [-0.1, -0.05) is 60.2 Å². The van der Waals surface area contributed by atoms with Crippen molar-refractivity contribution in [2.24, 2.45) is 11.8 Å². The van der Waals surface area contributed by atoms with Crippen LogP contribution in [-0.2, 0) is 9.47 Å². The molecule has 29 heavy (non-hydrogen) atoms. The van der Waals surface area contributed by atoms with Crippen molar-refractivity contribution in [3.8, 4) is 0 Å². The summed E-state index contributed by atoms with van der Waals surface area (Å²) >= 11 is 0. The van der Waals surface area contributed by atoms with Gasteiger partial charge in [0.25, 0.3) is 0 Å². The van der Waals surface area contributed by atoms with Crippen LogP contribution in [0.25, 0.3) is 0 Å². The molecule has 2 aromatic carbocycles. The first-order valence-corrected chi connectivity index (χ1v) is 9.92. The highest BCUT2D eigenvalue weighted by atomic mass is 16.5. The molecule has 4 atom stereocenters. The van der Waals surface area contributed by atoms with E-state index in [2.05, 4.69) is 12.2 Å². The van der Waals surface area contributed by atoms with Crippen molar-refractivity contribution in [1.29, 1.82) is 0 Å². The third-order valence-electron chi connectivity index (χ3n) is 5.83. The lowest BCUT2D eigenvalue weighted by atomic mass is 9.73. The normalized spacial score (nSPS) is 23.5. The predicted octanol–water partition coefficient (Wildman–Crippen LogP) is 4.54. The summed E-state index contributed by atoms with van der Waals surface area (Å²) < 4.78 is 11.0. The number of esters is 1. The lowest BCUT2D eigenvalue weighted by molar-refractivity contribution is -0.0238. The standard InChI is InChI=1S/C24H25NO4/c1-16-8-11-19(12-9-16)23(26)29-22(18-6-4-3-5-7-18)20-14-17-10-13-21(20)25(15-17)24(27)28-2/h3-13,17,20-22H,14-15H2,1-2H3/t17?,20?,21?,22-/m1/s1. The van der Waals surface area contributed by atoms with Crippen molar-refractivity contribution in [2.75, 3.05) is 13.7 Å². The summed E-state index contributed by atoms with van der Waals surface area (Å²) in [7, 11) is 1.40. The van der Waals surface area contributed by atoms with Crippen LogP contribution in [0.2, 0.25) is 0 Å². The van der Waals surface area contributed by atoms with Crippen LogP contribution in [0.15, 0.2) is 66.7 Å². The van der Waals surface area contributed by atoms with Gasteiger partial charge in [-0.05, 0) is 37.0 Å². The third-order valence-corrected chi connectivity index (χ3v) is 5.83. The Labute approximate surface area is 170 Å². The van der Waals surface area contributed by atoms with E-state index in [0.717, 1.165) is 17.5 Å². The molecule has 3 aliphatic rings. The van der Waals surface area contributed by atoms with Crippen molar-refractivity contribution < 1.29 is 19.1 Å². The summed E-state index contributed by atoms with van der Waals surface area (Å²) in [6.45, 7) is 2.62. The van der Waals surface area contributed by atoms with E-state index in [1.54, 1.807) is 17.0 Å². The number of benzene rings is 2. The number of hydrogen-bond acceptors (Lipinski definition) is 4. The first-order chi connectivity index (χ1) is 14.1. The number of piperidine rings is 1. The Kier molecular flexibility index (Phi) is 5.38. The van der Waals surface area contributed by atoms with Gasteiger partial charge in [-0.25, -0.2) is 9.59 Å². The smallest absolute Gasteiger partial charge is 0.410 e. The average molecular weight is 391 g/mol. The summed E-state index contributed by atoms with van der Waals surface area (Å²) in [5, 5.41) is 0. The Morgan fingerprint density at radius 3 is 2.41 bits per heavy atom. The molecule has 3 unspecified atom stereocenters. The van der Waals surface area contributed by atoms with Gasteiger partial charge in [-0.2, -0.15) is 0 Å². The number of hydrogen-bond donors (Lipinski definition) is 0. The molecule has 1 fully saturated rings. The van der Waals surface area contributed by atoms with E-state index >= 15 is 0 Å². The molecule has 150 valence electrons. The monoisotopic (exact) mass is 391 g/mol. The maximum atomic E-state index is 12.9. The summed E-state index contributed by atoms with van der Waals surface area (Å²) in [5.41, 5.74) is 2.55. The number of carbonyl (C=O) groups is 2. The zero-order valence-corrected chi connectivity index (χ0v) is 16.7. The number of methoxy groups -OCH3 is 1. The van der Waals surface area contributed by atoms with E-state index < -0.39 is 6.10 Å². The molecule has 0 spiro atoms. The molecule has 1 aliphatic carbocycles. The van der Waals surface area contributed by atoms with E-state index in [1.807, 2.05) is 49.4 Å². The molecule has 2 aliphatic heterocycles. The zero-order valence-electron chi connectivity index (χ0n) is 16.7. The summed E-state index contributed by atoms with van der Waals surface area (Å²) in [6, 6.07) is 17.0. The van der Waals surface area contributed by atoms with E-state index in [4.69, 9.17) is 9.47 Å². The van der Waals surface area contributed by atoms with E-state index in [0.29, 0.717) is 12.1 Å². The molecule has 0 saturated carbocycles. The van der Waals surface area contributed by atoms with Crippen molar-refractivity contribution in [3.05, 3.63) is 83.4 Å². The molecule has 1 amide bonds. The lowest BCUT2D eigenvalue weighted by Gasteiger charge is -2.47. The largest absolute Gasteiger partial charge is 0.454 e. The Bertz CT molecular complexity index is 906. The Balaban J connectivity index is 1.64. The fourth-order valence-corrected chi connectivity index (χ4v) is 4.36. The first kappa shape index (κ1) is 19.2. The molecule has 2 heterocycles. The van der Waals surface area contributed by atoms with Gasteiger partial charge >= 0.3 is 12.1 Å². The fourth-order valence-electron chi connectivity index (χ4n) is 4.36. The molecule has 5 rings (SSSR count). The highest BCUT2D eigenvalue weighted by molar-refractivity contribution is 5.89. The number of amides is 1. The molecule has 2 aromatic rings. The number of ether oxygens (including phenoxy) is 2. The van der Waals surface area contributed by atoms with E-state index in [-0.39, 0.29) is 29.9 Å². The van der Waals surface area contributed by atoms with Crippen LogP contribution in [-0.4, -0.2) is 36.7 Å². The molecule has 5 heteroatoms. The number of carbonyl (C=O) groups excluding carboxylic acids is 2. The minimum Gasteiger partial charge on any atom is -0.454 e. The van der Waals surface area contributed by atoms with Crippen LogP contribution < -0.4 is 0 Å². The van der Waals surface area contributed by atoms with Crippen molar-refractivity contribution in [2.45, 2.75) is 25.5 Å². The van der Waals surface area contributed by atoms with E-state index in [1.165, 1.54) is 7.11 Å². The maximum Gasteiger partial charge on any atom is 0.410 e. The second-order valence-electron chi connectivity index (χ2n) is 7.76. The fraction of sp³-hybridized carbons (Fsp3) is 0.333. The quantitative estimate of drug-likeness (QED) is 0.567. The Hall–Kier alpha value is -3.08. The molecular weight excluding hydrogens is 366 g/mol. The molecule has 5 nitrogen and oxygen atoms in total. The summed E-state index contributed by atoms with van der Waals surface area (Å²) in [6.07, 6.45) is 4.27. The Morgan fingerprint density at radius 2 is 1.76 bits per heavy atom. The third kappa shape index (κ3) is 3.90. The van der Waals surface area contributed by atoms with Gasteiger partial charge in [0.1, 0.15) is 6.10 Å². The second kappa shape index (κ2) is 8.11. The minimum absolute atomic E-state index is 0.0327. The minimum atomic E-state index is -0.449. The van der Waals surface area contributed by atoms with Crippen LogP contribution >= 0.6 is 0 Å². The molecular formula is C24H25NO4. The van der Waals surface area contributed by atoms with Gasteiger partial charge in [-0.3, -0.25) is 0 Å². The average Bonchev–Trinajstić information content (AvgIpc) is 2.78. The van der Waals surface area contributed by atoms with Gasteiger partial charge in [-0.15, -0.1) is 0 Å². The van der Waals surface area contributed by atoms with Crippen LogP contribution in [0.5, 0.6) is 0 Å². The van der Waals surface area contributed by atoms with Crippen LogP contribution in [0.1, 0.15) is 34.0 Å². The highest BCUT2D eigenvalue weighted by Gasteiger charge is 2.45. The maximum absolute atomic E-state index is 12.9. The molecule has 0 N–H and O–H groups in total. The topological polar surface area (TPSA) is 55.8 Å². The summed E-state index contributed by atoms with van der Waals surface area (Å²) in [5.74, 6) is -0.156. The molecule has 0 radical (unpaired) electrons. The Morgan fingerprint density at radius 1 is 1.03 bits per heavy atom. The number of fused-ring (bicyclic) bond motifs is 2. The van der Waals surface area contributed by atoms with Gasteiger partial charge in [0.15, 0.2) is 0 Å². The predicted molar refractivity (Wildman–Crippen MR) is 109 cm³/mol. The molecule has 2 bridgehead atoms. The molecule has 0 aromatic heterocycles. The lowest BCUT2D eigenvalue weighted by Crippen LogP contribution is -2.54. The van der Waals surface area contributed by atoms with Gasteiger partial charge in [0.2, 0.25) is 0 Å². The van der Waals surface area contributed by atoms with Gasteiger partial charge < -0.3 is 14.4 Å². The van der Waals surface area contributed by atoms with Crippen LogP contribution in [0.4, 0.5) is 4.79 Å². The van der Waals surface area contributed by atoms with E-state index in [9.17, 15) is 9.59 Å².